The molecule has 9 aliphatic rings. The number of hydrogen-bond acceptors (Lipinski definition) is 3. The molecule has 2 atom stereocenters. The summed E-state index contributed by atoms with van der Waals surface area (Å²) in [5.74, 6) is 4.42. The van der Waals surface area contributed by atoms with Crippen molar-refractivity contribution in [3.05, 3.63) is 0 Å². The van der Waals surface area contributed by atoms with Crippen LogP contribution in [0.1, 0.15) is 77.0 Å². The summed E-state index contributed by atoms with van der Waals surface area (Å²) < 4.78 is 0. The van der Waals surface area contributed by atoms with Crippen LogP contribution in [-0.4, -0.2) is 65.4 Å². The summed E-state index contributed by atoms with van der Waals surface area (Å²) in [6.45, 7) is 0. The number of nitrogens with zero attached hydrogens (tertiary/aromatic N) is 2. The van der Waals surface area contributed by atoms with Gasteiger partial charge in [-0.2, -0.15) is 0 Å². The van der Waals surface area contributed by atoms with Crippen molar-refractivity contribution in [2.45, 2.75) is 100 Å². The number of carbonyl (C=O) groups is 3. The summed E-state index contributed by atoms with van der Waals surface area (Å²) in [6, 6.07) is -0.675. The fourth-order valence-corrected chi connectivity index (χ4v) is 10.6. The zero-order valence-corrected chi connectivity index (χ0v) is 21.7. The first-order valence-corrected chi connectivity index (χ1v) is 14.4. The van der Waals surface area contributed by atoms with Gasteiger partial charge in [0.2, 0.25) is 0 Å². The smallest absolute Gasteiger partial charge is 0.323 e. The predicted molar refractivity (Wildman–Crippen MR) is 134 cm³/mol. The molecule has 9 nitrogen and oxygen atoms in total. The van der Waals surface area contributed by atoms with E-state index in [1.807, 2.05) is 0 Å². The first-order valence-electron chi connectivity index (χ1n) is 14.4. The van der Waals surface area contributed by atoms with Gasteiger partial charge in [0.05, 0.1) is 0 Å². The average molecular weight is 499 g/mol. The molecule has 8 bridgehead atoms. The third-order valence-electron chi connectivity index (χ3n) is 11.1. The molecule has 0 unspecified atom stereocenters. The highest BCUT2D eigenvalue weighted by Crippen LogP contribution is 2.56. The fraction of sp³-hybridized carbons (Fsp3) is 0.889. The molecule has 1 heterocycles. The average Bonchev–Trinajstić information content (AvgIpc) is 2.95. The molecular weight excluding hydrogens is 456 g/mol. The molecule has 1 aliphatic heterocycles. The van der Waals surface area contributed by atoms with E-state index < -0.39 is 12.3 Å². The normalized spacial score (nSPS) is 47.9. The highest BCUT2D eigenvalue weighted by atomic mass is 16.2. The van der Waals surface area contributed by atoms with Crippen molar-refractivity contribution in [1.82, 2.24) is 31.1 Å². The Morgan fingerprint density at radius 1 is 0.611 bits per heavy atom. The van der Waals surface area contributed by atoms with E-state index in [0.717, 1.165) is 74.0 Å². The van der Waals surface area contributed by atoms with Crippen molar-refractivity contribution in [1.29, 1.82) is 0 Å². The fourth-order valence-electron chi connectivity index (χ4n) is 10.6. The second kappa shape index (κ2) is 7.90. The van der Waals surface area contributed by atoms with Gasteiger partial charge in [-0.25, -0.2) is 14.4 Å². The maximum atomic E-state index is 13.3. The van der Waals surface area contributed by atoms with Crippen LogP contribution in [0.2, 0.25) is 0 Å². The van der Waals surface area contributed by atoms with Gasteiger partial charge in [-0.05, 0) is 113 Å². The molecule has 0 radical (unpaired) electrons. The Morgan fingerprint density at radius 3 is 1.17 bits per heavy atom. The van der Waals surface area contributed by atoms with Gasteiger partial charge in [-0.3, -0.25) is 0 Å². The molecule has 1 saturated heterocycles. The second-order valence-corrected chi connectivity index (χ2v) is 14.0. The molecule has 8 aliphatic carbocycles. The molecule has 8 saturated carbocycles. The SMILES string of the molecule is CN1C(=O)N(C)[C@H](NC(=O)NC23CC4CC(CC(C4)C2)C3)[C@H]1NC(=O)NC12CC3CC(CC(C3)C1)C2. The monoisotopic (exact) mass is 498 g/mol. The Bertz CT molecular complexity index is 823. The van der Waals surface area contributed by atoms with Crippen molar-refractivity contribution in [2.24, 2.45) is 35.5 Å². The van der Waals surface area contributed by atoms with Gasteiger partial charge in [-0.15, -0.1) is 0 Å². The Balaban J connectivity index is 1.01. The van der Waals surface area contributed by atoms with Crippen LogP contribution in [-0.2, 0) is 0 Å². The van der Waals surface area contributed by atoms with Crippen molar-refractivity contribution in [3.63, 3.8) is 0 Å². The van der Waals surface area contributed by atoms with Crippen molar-refractivity contribution in [2.75, 3.05) is 14.1 Å². The van der Waals surface area contributed by atoms with E-state index in [0.29, 0.717) is 0 Å². The van der Waals surface area contributed by atoms with E-state index in [2.05, 4.69) is 21.3 Å². The van der Waals surface area contributed by atoms with Gasteiger partial charge in [0.25, 0.3) is 0 Å². The van der Waals surface area contributed by atoms with Crippen molar-refractivity contribution in [3.8, 4) is 0 Å². The lowest BCUT2D eigenvalue weighted by molar-refractivity contribution is -0.0148. The van der Waals surface area contributed by atoms with Gasteiger partial charge < -0.3 is 31.1 Å². The first-order chi connectivity index (χ1) is 17.2. The molecule has 0 aromatic heterocycles. The van der Waals surface area contributed by atoms with E-state index in [1.165, 1.54) is 48.3 Å². The van der Waals surface area contributed by atoms with Crippen LogP contribution in [0.5, 0.6) is 0 Å². The van der Waals surface area contributed by atoms with Crippen molar-refractivity contribution < 1.29 is 14.4 Å². The Morgan fingerprint density at radius 2 is 0.889 bits per heavy atom. The summed E-state index contributed by atoms with van der Waals surface area (Å²) in [6.07, 6.45) is 13.1. The summed E-state index contributed by atoms with van der Waals surface area (Å²) in [4.78, 5) is 42.4. The molecule has 0 spiro atoms. The third-order valence-corrected chi connectivity index (χ3v) is 11.1. The summed E-state index contributed by atoms with van der Waals surface area (Å²) in [5.41, 5.74) is -0.213. The Labute approximate surface area is 213 Å². The molecule has 0 aromatic carbocycles. The Hall–Kier alpha value is -2.19. The third kappa shape index (κ3) is 3.74. The quantitative estimate of drug-likeness (QED) is 0.478. The van der Waals surface area contributed by atoms with Crippen LogP contribution in [0.4, 0.5) is 14.4 Å². The van der Waals surface area contributed by atoms with Gasteiger partial charge in [0.1, 0.15) is 12.3 Å². The number of amides is 6. The lowest BCUT2D eigenvalue weighted by Crippen LogP contribution is -2.66. The van der Waals surface area contributed by atoms with Crippen LogP contribution < -0.4 is 21.3 Å². The molecule has 198 valence electrons. The van der Waals surface area contributed by atoms with Gasteiger partial charge >= 0.3 is 18.1 Å². The van der Waals surface area contributed by atoms with Crippen molar-refractivity contribution >= 4 is 18.1 Å². The second-order valence-electron chi connectivity index (χ2n) is 14.0. The molecule has 36 heavy (non-hydrogen) atoms. The molecule has 9 heteroatoms. The van der Waals surface area contributed by atoms with E-state index >= 15 is 0 Å². The molecular formula is C27H42N6O3. The number of hydrogen-bond donors (Lipinski definition) is 4. The van der Waals surface area contributed by atoms with Crippen LogP contribution in [0.25, 0.3) is 0 Å². The minimum atomic E-state index is -0.626. The van der Waals surface area contributed by atoms with Crippen LogP contribution >= 0.6 is 0 Å². The highest BCUT2D eigenvalue weighted by molar-refractivity contribution is 5.82. The van der Waals surface area contributed by atoms with E-state index in [9.17, 15) is 14.4 Å². The minimum absolute atomic E-state index is 0.106. The van der Waals surface area contributed by atoms with E-state index in [-0.39, 0.29) is 29.2 Å². The summed E-state index contributed by atoms with van der Waals surface area (Å²) >= 11 is 0. The predicted octanol–water partition coefficient (Wildman–Crippen LogP) is 3.17. The van der Waals surface area contributed by atoms with E-state index in [1.54, 1.807) is 14.1 Å². The Kier molecular flexibility index (Phi) is 5.04. The van der Waals surface area contributed by atoms with Gasteiger partial charge in [0, 0.05) is 25.2 Å². The minimum Gasteiger partial charge on any atom is -0.333 e. The largest absolute Gasteiger partial charge is 0.333 e. The van der Waals surface area contributed by atoms with Crippen LogP contribution in [0.15, 0.2) is 0 Å². The maximum absolute atomic E-state index is 13.3. The lowest BCUT2D eigenvalue weighted by atomic mass is 9.53. The zero-order chi connectivity index (χ0) is 24.8. The molecule has 6 amide bonds. The summed E-state index contributed by atoms with van der Waals surface area (Å²) in [5, 5.41) is 12.8. The number of nitrogens with one attached hydrogen (secondary N) is 4. The summed E-state index contributed by atoms with van der Waals surface area (Å²) in [7, 11) is 3.38. The molecule has 4 N–H and O–H groups in total. The molecule has 0 aromatic rings. The zero-order valence-electron chi connectivity index (χ0n) is 21.7. The standard InChI is InChI=1S/C27H42N6O3/c1-32-21(28-23(34)30-26-9-15-3-16(10-26)5-17(4-15)11-26)22(33(2)25(32)36)29-24(35)31-27-12-18-6-19(13-27)8-20(7-18)14-27/h15-22H,3-14H2,1-2H3,(H2,28,30,34)(H2,29,31,35)/t15?,16?,17?,18?,19?,20?,21-,22-,26?,27?/m0/s1. The number of rotatable bonds is 4. The van der Waals surface area contributed by atoms with Gasteiger partial charge in [0.15, 0.2) is 0 Å². The number of urea groups is 3. The van der Waals surface area contributed by atoms with Gasteiger partial charge in [-0.1, -0.05) is 0 Å². The topological polar surface area (TPSA) is 106 Å². The van der Waals surface area contributed by atoms with E-state index in [4.69, 9.17) is 0 Å². The lowest BCUT2D eigenvalue weighted by Gasteiger charge is -2.57. The highest BCUT2D eigenvalue weighted by Gasteiger charge is 2.54. The molecule has 9 fully saturated rings. The number of likely N-dealkylation sites (N-methyl/N-ethyl adjacent to an activating group) is 2. The maximum Gasteiger partial charge on any atom is 0.323 e. The number of carbonyl (C=O) groups excluding carboxylic acids is 3. The van der Waals surface area contributed by atoms with Crippen LogP contribution in [0.3, 0.4) is 0 Å². The first kappa shape index (κ1) is 23.0. The van der Waals surface area contributed by atoms with Crippen LogP contribution in [0, 0.1) is 35.5 Å². The molecule has 9 rings (SSSR count).